The molecule has 1 aromatic carbocycles. The normalized spacial score (nSPS) is 14.2. The van der Waals surface area contributed by atoms with E-state index in [0.29, 0.717) is 8.95 Å². The summed E-state index contributed by atoms with van der Waals surface area (Å²) in [7, 11) is 2.38. The second kappa shape index (κ2) is 8.19. The van der Waals surface area contributed by atoms with Gasteiger partial charge in [-0.2, -0.15) is 5.26 Å². The quantitative estimate of drug-likeness (QED) is 0.471. The summed E-state index contributed by atoms with van der Waals surface area (Å²) in [6.45, 7) is -0.215. The first-order valence-corrected chi connectivity index (χ1v) is 8.66. The third-order valence-corrected chi connectivity index (χ3v) is 5.21. The number of rotatable bonds is 3. The topological polar surface area (TPSA) is 88.9 Å². The van der Waals surface area contributed by atoms with Crippen molar-refractivity contribution in [2.24, 2.45) is 0 Å². The minimum atomic E-state index is -0.765. The monoisotopic (exact) mass is 492 g/mol. The van der Waals surface area contributed by atoms with Crippen LogP contribution in [0.5, 0.6) is 0 Å². The summed E-state index contributed by atoms with van der Waals surface area (Å²) in [4.78, 5) is 25.7. The van der Waals surface area contributed by atoms with Crippen LogP contribution < -0.4 is 4.90 Å². The second-order valence-electron chi connectivity index (χ2n) is 4.71. The summed E-state index contributed by atoms with van der Waals surface area (Å²) >= 11 is 12.8. The number of nitrogens with zero attached hydrogens (tertiary/aromatic N) is 2. The van der Waals surface area contributed by atoms with Crippen molar-refractivity contribution in [2.45, 2.75) is 0 Å². The Bertz CT molecular complexity index is 819. The maximum Gasteiger partial charge on any atom is 0.355 e. The van der Waals surface area contributed by atoms with Crippen molar-refractivity contribution < 1.29 is 23.8 Å². The lowest BCUT2D eigenvalue weighted by Gasteiger charge is -2.32. The van der Waals surface area contributed by atoms with Gasteiger partial charge in [0.15, 0.2) is 0 Å². The van der Waals surface area contributed by atoms with Gasteiger partial charge >= 0.3 is 11.9 Å². The summed E-state index contributed by atoms with van der Waals surface area (Å²) in [6.07, 6.45) is 0. The molecule has 0 saturated heterocycles. The van der Waals surface area contributed by atoms with E-state index >= 15 is 0 Å². The van der Waals surface area contributed by atoms with Crippen LogP contribution in [-0.2, 0) is 23.8 Å². The van der Waals surface area contributed by atoms with Gasteiger partial charge in [0.2, 0.25) is 0 Å². The largest absolute Gasteiger partial charge is 0.466 e. The molecule has 0 amide bonds. The molecule has 0 spiro atoms. The van der Waals surface area contributed by atoms with Gasteiger partial charge in [0.05, 0.1) is 42.7 Å². The molecular formula is C15H11Br2ClN2O5. The van der Waals surface area contributed by atoms with Gasteiger partial charge in [-0.3, -0.25) is 0 Å². The van der Waals surface area contributed by atoms with Gasteiger partial charge in [0.25, 0.3) is 0 Å². The number of methoxy groups -OCH3 is 2. The minimum absolute atomic E-state index is 0.0181. The zero-order valence-corrected chi connectivity index (χ0v) is 17.0. The van der Waals surface area contributed by atoms with E-state index in [1.807, 2.05) is 6.07 Å². The van der Waals surface area contributed by atoms with E-state index in [-0.39, 0.29) is 40.9 Å². The van der Waals surface area contributed by atoms with Gasteiger partial charge < -0.3 is 19.1 Å². The van der Waals surface area contributed by atoms with E-state index in [1.165, 1.54) is 19.1 Å². The van der Waals surface area contributed by atoms with E-state index in [0.717, 1.165) is 0 Å². The number of benzene rings is 1. The molecule has 0 saturated carbocycles. The van der Waals surface area contributed by atoms with Gasteiger partial charge in [-0.25, -0.2) is 9.59 Å². The highest BCUT2D eigenvalue weighted by Crippen LogP contribution is 2.42. The molecule has 0 unspecified atom stereocenters. The van der Waals surface area contributed by atoms with Gasteiger partial charge in [-0.1, -0.05) is 11.6 Å². The third kappa shape index (κ3) is 3.67. The number of hydrogen-bond acceptors (Lipinski definition) is 7. The van der Waals surface area contributed by atoms with Crippen LogP contribution in [0.15, 0.2) is 26.3 Å². The molecule has 0 atom stereocenters. The molecule has 1 heterocycles. The van der Waals surface area contributed by atoms with Crippen LogP contribution in [-0.4, -0.2) is 39.5 Å². The van der Waals surface area contributed by atoms with Crippen LogP contribution >= 0.6 is 43.5 Å². The molecule has 0 aliphatic carbocycles. The fraction of sp³-hybridized carbons (Fsp3) is 0.267. The Balaban J connectivity index is 2.77. The van der Waals surface area contributed by atoms with E-state index in [1.54, 1.807) is 6.07 Å². The van der Waals surface area contributed by atoms with E-state index in [4.69, 9.17) is 25.8 Å². The fourth-order valence-electron chi connectivity index (χ4n) is 2.27. The Morgan fingerprint density at radius 3 is 2.48 bits per heavy atom. The van der Waals surface area contributed by atoms with Crippen LogP contribution in [0.25, 0.3) is 0 Å². The Hall–Kier alpha value is -1.60. The zero-order chi connectivity index (χ0) is 18.7. The smallest absolute Gasteiger partial charge is 0.355 e. The summed E-state index contributed by atoms with van der Waals surface area (Å²) in [5.41, 5.74) is 0.280. The zero-order valence-electron chi connectivity index (χ0n) is 13.1. The van der Waals surface area contributed by atoms with E-state index < -0.39 is 11.9 Å². The minimum Gasteiger partial charge on any atom is -0.466 e. The number of halogens is 3. The maximum absolute atomic E-state index is 12.3. The van der Waals surface area contributed by atoms with Crippen molar-refractivity contribution in [1.82, 2.24) is 0 Å². The maximum atomic E-state index is 12.3. The summed E-state index contributed by atoms with van der Waals surface area (Å²) in [5.74, 6) is -1.50. The number of hydrogen-bond donors (Lipinski definition) is 0. The standard InChI is InChI=1S/C15H11Br2ClN2O5/c1-23-14(21)8-5-25-6-20(13(8)15(22)24-2)12-7(4-19)11(18)9(16)3-10(12)17/h3H,5-6H2,1-2H3. The SMILES string of the molecule is COC(=O)C1=C(C(=O)OC)N(c2c(Br)cc(Br)c(Cl)c2C#N)COC1. The molecule has 25 heavy (non-hydrogen) atoms. The lowest BCUT2D eigenvalue weighted by molar-refractivity contribution is -0.140. The number of nitriles is 1. The average Bonchev–Trinajstić information content (AvgIpc) is 2.62. The van der Waals surface area contributed by atoms with Crippen molar-refractivity contribution in [1.29, 1.82) is 5.26 Å². The molecule has 1 aliphatic rings. The van der Waals surface area contributed by atoms with Crippen molar-refractivity contribution in [3.8, 4) is 6.07 Å². The lowest BCUT2D eigenvalue weighted by atomic mass is 10.1. The third-order valence-electron chi connectivity index (χ3n) is 3.36. The van der Waals surface area contributed by atoms with Crippen molar-refractivity contribution in [3.63, 3.8) is 0 Å². The van der Waals surface area contributed by atoms with E-state index in [2.05, 4.69) is 31.9 Å². The number of ether oxygens (including phenoxy) is 3. The molecule has 0 bridgehead atoms. The predicted octanol–water partition coefficient (Wildman–Crippen LogP) is 3.13. The Morgan fingerprint density at radius 1 is 1.28 bits per heavy atom. The molecule has 132 valence electrons. The highest BCUT2D eigenvalue weighted by Gasteiger charge is 2.35. The van der Waals surface area contributed by atoms with Crippen molar-refractivity contribution in [3.05, 3.63) is 36.9 Å². The molecule has 2 rings (SSSR count). The van der Waals surface area contributed by atoms with Crippen LogP contribution in [0, 0.1) is 11.3 Å². The molecule has 0 aromatic heterocycles. The number of anilines is 1. The molecule has 0 fully saturated rings. The second-order valence-corrected chi connectivity index (χ2v) is 6.79. The first-order valence-electron chi connectivity index (χ1n) is 6.70. The van der Waals surface area contributed by atoms with Crippen LogP contribution in [0.1, 0.15) is 5.56 Å². The van der Waals surface area contributed by atoms with E-state index in [9.17, 15) is 14.9 Å². The first kappa shape index (κ1) is 19.7. The number of carbonyl (C=O) groups excluding carboxylic acids is 2. The molecule has 1 aliphatic heterocycles. The summed E-state index contributed by atoms with van der Waals surface area (Å²) in [6, 6.07) is 3.62. The first-order chi connectivity index (χ1) is 11.9. The highest BCUT2D eigenvalue weighted by atomic mass is 79.9. The molecule has 0 radical (unpaired) electrons. The fourth-order valence-corrected chi connectivity index (χ4v) is 3.83. The summed E-state index contributed by atoms with van der Waals surface area (Å²) < 4.78 is 15.9. The van der Waals surface area contributed by atoms with Gasteiger partial charge in [0.1, 0.15) is 18.5 Å². The van der Waals surface area contributed by atoms with Gasteiger partial charge in [-0.05, 0) is 37.9 Å². The lowest BCUT2D eigenvalue weighted by Crippen LogP contribution is -2.39. The molecule has 10 heteroatoms. The Morgan fingerprint density at radius 2 is 1.92 bits per heavy atom. The number of carbonyl (C=O) groups is 2. The Kier molecular flexibility index (Phi) is 6.46. The summed E-state index contributed by atoms with van der Waals surface area (Å²) in [5, 5.41) is 9.68. The molecule has 0 N–H and O–H groups in total. The van der Waals surface area contributed by atoms with Crippen LogP contribution in [0.2, 0.25) is 5.02 Å². The van der Waals surface area contributed by atoms with Gasteiger partial charge in [-0.15, -0.1) is 0 Å². The van der Waals surface area contributed by atoms with Gasteiger partial charge in [0, 0.05) is 8.95 Å². The Labute approximate surface area is 165 Å². The predicted molar refractivity (Wildman–Crippen MR) is 95.9 cm³/mol. The van der Waals surface area contributed by atoms with Crippen molar-refractivity contribution >= 4 is 61.1 Å². The van der Waals surface area contributed by atoms with Crippen LogP contribution in [0.4, 0.5) is 5.69 Å². The molecular weight excluding hydrogens is 483 g/mol. The average molecular weight is 495 g/mol. The van der Waals surface area contributed by atoms with Crippen LogP contribution in [0.3, 0.4) is 0 Å². The number of esters is 2. The van der Waals surface area contributed by atoms with Crippen molar-refractivity contribution in [2.75, 3.05) is 32.5 Å². The molecule has 1 aromatic rings. The highest BCUT2D eigenvalue weighted by molar-refractivity contribution is 9.11. The molecule has 7 nitrogen and oxygen atoms in total.